The molecule has 0 saturated heterocycles. The quantitative estimate of drug-likeness (QED) is 0.394. The fourth-order valence-electron chi connectivity index (χ4n) is 0.366. The summed E-state index contributed by atoms with van der Waals surface area (Å²) in [6.07, 6.45) is 1.09. The summed E-state index contributed by atoms with van der Waals surface area (Å²) in [7, 11) is 0. The van der Waals surface area contributed by atoms with Crippen LogP contribution in [-0.4, -0.2) is 20.3 Å². The molecule has 0 unspecified atom stereocenters. The minimum atomic E-state index is -0.354. The summed E-state index contributed by atoms with van der Waals surface area (Å²) in [5, 5.41) is 20.0. The Labute approximate surface area is 44.9 Å². The zero-order chi connectivity index (χ0) is 6.15. The Bertz CT molecular complexity index is 175. The van der Waals surface area contributed by atoms with Crippen molar-refractivity contribution in [3.8, 4) is 5.88 Å². The highest BCUT2D eigenvalue weighted by molar-refractivity contribution is 5.44. The van der Waals surface area contributed by atoms with Crippen LogP contribution in [0, 0.1) is 0 Å². The van der Waals surface area contributed by atoms with Gasteiger partial charge >= 0.3 is 0 Å². The molecule has 44 valence electrons. The molecule has 0 atom stereocenters. The van der Waals surface area contributed by atoms with Crippen molar-refractivity contribution in [2.75, 3.05) is 5.73 Å². The van der Waals surface area contributed by atoms with E-state index in [1.165, 1.54) is 0 Å². The zero-order valence-corrected chi connectivity index (χ0v) is 3.94. The lowest BCUT2D eigenvalue weighted by atomic mass is 10.6. The van der Waals surface area contributed by atoms with Crippen molar-refractivity contribution in [1.82, 2.24) is 9.94 Å². The van der Waals surface area contributed by atoms with Crippen LogP contribution in [0.2, 0.25) is 0 Å². The van der Waals surface area contributed by atoms with Gasteiger partial charge in [0.05, 0.1) is 6.20 Å². The molecule has 1 rings (SSSR count). The number of rotatable bonds is 0. The Kier molecular flexibility index (Phi) is 0.768. The lowest BCUT2D eigenvalue weighted by molar-refractivity contribution is 0.144. The van der Waals surface area contributed by atoms with E-state index >= 15 is 0 Å². The molecule has 0 bridgehead atoms. The normalized spacial score (nSPS) is 9.50. The van der Waals surface area contributed by atoms with Crippen molar-refractivity contribution in [2.45, 2.75) is 0 Å². The van der Waals surface area contributed by atoms with Crippen LogP contribution in [0.3, 0.4) is 0 Å². The summed E-state index contributed by atoms with van der Waals surface area (Å²) in [5.41, 5.74) is 5.11. The molecule has 0 radical (unpaired) electrons. The molecule has 0 aliphatic heterocycles. The van der Waals surface area contributed by atoms with Crippen LogP contribution < -0.4 is 5.73 Å². The highest BCUT2D eigenvalue weighted by Crippen LogP contribution is 2.13. The van der Waals surface area contributed by atoms with Gasteiger partial charge < -0.3 is 16.0 Å². The van der Waals surface area contributed by atoms with E-state index in [0.717, 1.165) is 6.20 Å². The molecule has 0 amide bonds. The molecule has 0 aliphatic rings. The molecular weight excluding hydrogens is 110 g/mol. The summed E-state index contributed by atoms with van der Waals surface area (Å²) < 4.78 is 0. The van der Waals surface area contributed by atoms with E-state index in [4.69, 9.17) is 16.0 Å². The molecule has 8 heavy (non-hydrogen) atoms. The van der Waals surface area contributed by atoms with E-state index in [0.29, 0.717) is 4.85 Å². The van der Waals surface area contributed by atoms with Gasteiger partial charge in [0, 0.05) is 0 Å². The number of nitrogens with zero attached hydrogens (tertiary/aromatic N) is 2. The third-order valence-electron chi connectivity index (χ3n) is 0.710. The second-order valence-corrected chi connectivity index (χ2v) is 1.33. The summed E-state index contributed by atoms with van der Waals surface area (Å²) >= 11 is 0. The monoisotopic (exact) mass is 115 g/mol. The first-order valence-corrected chi connectivity index (χ1v) is 1.93. The van der Waals surface area contributed by atoms with Gasteiger partial charge in [0.25, 0.3) is 5.88 Å². The number of aromatic nitrogens is 2. The third-order valence-corrected chi connectivity index (χ3v) is 0.710. The topological polar surface area (TPSA) is 84.3 Å². The van der Waals surface area contributed by atoms with Crippen LogP contribution in [0.5, 0.6) is 5.88 Å². The van der Waals surface area contributed by atoms with Crippen LogP contribution in [0.25, 0.3) is 0 Å². The van der Waals surface area contributed by atoms with Crippen LogP contribution in [0.1, 0.15) is 0 Å². The first kappa shape index (κ1) is 4.76. The lowest BCUT2D eigenvalue weighted by Crippen LogP contribution is -1.87. The highest BCUT2D eigenvalue weighted by Gasteiger charge is 1.99. The third kappa shape index (κ3) is 0.534. The van der Waals surface area contributed by atoms with Gasteiger partial charge in [-0.3, -0.25) is 0 Å². The van der Waals surface area contributed by atoms with Gasteiger partial charge in [-0.15, -0.1) is 4.85 Å². The van der Waals surface area contributed by atoms with Gasteiger partial charge in [-0.25, -0.2) is 0 Å². The second-order valence-electron chi connectivity index (χ2n) is 1.33. The number of nitrogen functional groups attached to an aromatic ring is 1. The molecule has 5 heteroatoms. The predicted octanol–water partition coefficient (Wildman–Crippen LogP) is -0.592. The highest BCUT2D eigenvalue weighted by atomic mass is 16.5. The van der Waals surface area contributed by atoms with Gasteiger partial charge in [-0.1, -0.05) is 5.10 Å². The Morgan fingerprint density at radius 2 is 2.38 bits per heavy atom. The summed E-state index contributed by atoms with van der Waals surface area (Å²) in [6.45, 7) is 0. The van der Waals surface area contributed by atoms with Gasteiger partial charge in [-0.2, -0.15) is 0 Å². The Morgan fingerprint density at radius 1 is 1.75 bits per heavy atom. The van der Waals surface area contributed by atoms with Crippen molar-refractivity contribution in [1.29, 1.82) is 0 Å². The zero-order valence-electron chi connectivity index (χ0n) is 3.94. The molecule has 0 aromatic carbocycles. The van der Waals surface area contributed by atoms with E-state index in [2.05, 4.69) is 5.10 Å². The summed E-state index contributed by atoms with van der Waals surface area (Å²) in [4.78, 5) is 0.449. The van der Waals surface area contributed by atoms with Gasteiger partial charge in [0.15, 0.2) is 0 Å². The molecule has 0 spiro atoms. The van der Waals surface area contributed by atoms with Gasteiger partial charge in [0.2, 0.25) is 0 Å². The Balaban J connectivity index is 3.14. The average Bonchev–Trinajstić information content (AvgIpc) is 1.85. The number of aromatic hydroxyl groups is 1. The largest absolute Gasteiger partial charge is 0.491 e. The van der Waals surface area contributed by atoms with E-state index in [9.17, 15) is 0 Å². The van der Waals surface area contributed by atoms with Crippen LogP contribution in [0.4, 0.5) is 5.69 Å². The maximum Gasteiger partial charge on any atom is 0.257 e. The van der Waals surface area contributed by atoms with Gasteiger partial charge in [0.1, 0.15) is 5.69 Å². The van der Waals surface area contributed by atoms with Crippen LogP contribution in [0.15, 0.2) is 6.20 Å². The van der Waals surface area contributed by atoms with Crippen molar-refractivity contribution in [3.05, 3.63) is 6.20 Å². The van der Waals surface area contributed by atoms with Crippen molar-refractivity contribution in [2.24, 2.45) is 0 Å². The lowest BCUT2D eigenvalue weighted by Gasteiger charge is -1.78. The van der Waals surface area contributed by atoms with Crippen molar-refractivity contribution in [3.63, 3.8) is 0 Å². The Hall–Kier alpha value is -1.39. The minimum Gasteiger partial charge on any atom is -0.491 e. The molecule has 1 aromatic rings. The predicted molar refractivity (Wildman–Crippen MR) is 25.5 cm³/mol. The fraction of sp³-hybridized carbons (Fsp3) is 0. The van der Waals surface area contributed by atoms with Crippen LogP contribution >= 0.6 is 0 Å². The standard InChI is InChI=1S/C3H5N3O2/c4-2-1-6(8)5-3(2)7/h1,8H,4H2,(H,5,7). The second kappa shape index (κ2) is 1.29. The van der Waals surface area contributed by atoms with E-state index in [-0.39, 0.29) is 11.6 Å². The number of hydrogen-bond donors (Lipinski definition) is 3. The molecule has 4 N–H and O–H groups in total. The molecular formula is C3H5N3O2. The molecule has 0 saturated carbocycles. The molecule has 1 aromatic heterocycles. The van der Waals surface area contributed by atoms with E-state index in [1.807, 2.05) is 0 Å². The summed E-state index contributed by atoms with van der Waals surface area (Å²) in [6, 6.07) is 0. The van der Waals surface area contributed by atoms with E-state index < -0.39 is 0 Å². The summed E-state index contributed by atoms with van der Waals surface area (Å²) in [5.74, 6) is -0.354. The Morgan fingerprint density at radius 3 is 2.50 bits per heavy atom. The van der Waals surface area contributed by atoms with Crippen LogP contribution in [-0.2, 0) is 0 Å². The first-order chi connectivity index (χ1) is 3.70. The maximum atomic E-state index is 8.52. The average molecular weight is 115 g/mol. The number of nitrogens with two attached hydrogens (primary N) is 1. The molecule has 0 fully saturated rings. The van der Waals surface area contributed by atoms with Crippen molar-refractivity contribution >= 4 is 5.69 Å². The number of anilines is 1. The van der Waals surface area contributed by atoms with Crippen molar-refractivity contribution < 1.29 is 10.3 Å². The SMILES string of the molecule is Nc1cn(O)nc1O. The van der Waals surface area contributed by atoms with E-state index in [1.54, 1.807) is 0 Å². The molecule has 1 heterocycles. The first-order valence-electron chi connectivity index (χ1n) is 1.93. The maximum absolute atomic E-state index is 8.52. The number of hydrogen-bond acceptors (Lipinski definition) is 4. The molecule has 5 nitrogen and oxygen atoms in total. The molecule has 0 aliphatic carbocycles. The van der Waals surface area contributed by atoms with Gasteiger partial charge in [-0.05, 0) is 0 Å². The fourth-order valence-corrected chi connectivity index (χ4v) is 0.366. The smallest absolute Gasteiger partial charge is 0.257 e. The minimum absolute atomic E-state index is 0.0625.